The Morgan fingerprint density at radius 3 is 2.82 bits per heavy atom. The SMILES string of the molecule is CCNC(=NCc1ccc(C)cc1OC)NCCCc1nc2ccccc2[nH]1. The summed E-state index contributed by atoms with van der Waals surface area (Å²) in [5, 5.41) is 6.70. The summed E-state index contributed by atoms with van der Waals surface area (Å²) in [5.41, 5.74) is 4.37. The van der Waals surface area contributed by atoms with E-state index in [1.807, 2.05) is 24.3 Å². The van der Waals surface area contributed by atoms with Crippen LogP contribution in [0.4, 0.5) is 0 Å². The Morgan fingerprint density at radius 1 is 1.18 bits per heavy atom. The summed E-state index contributed by atoms with van der Waals surface area (Å²) in [4.78, 5) is 12.7. The van der Waals surface area contributed by atoms with Gasteiger partial charge in [-0.25, -0.2) is 9.98 Å². The number of para-hydroxylation sites is 2. The van der Waals surface area contributed by atoms with Crippen LogP contribution in [0.3, 0.4) is 0 Å². The summed E-state index contributed by atoms with van der Waals surface area (Å²) in [5.74, 6) is 2.72. The van der Waals surface area contributed by atoms with Crippen molar-refractivity contribution in [2.24, 2.45) is 4.99 Å². The zero-order valence-electron chi connectivity index (χ0n) is 16.9. The van der Waals surface area contributed by atoms with Crippen molar-refractivity contribution >= 4 is 17.0 Å². The molecule has 6 nitrogen and oxygen atoms in total. The third kappa shape index (κ3) is 5.25. The quantitative estimate of drug-likeness (QED) is 0.318. The van der Waals surface area contributed by atoms with E-state index in [4.69, 9.17) is 9.73 Å². The number of benzene rings is 2. The summed E-state index contributed by atoms with van der Waals surface area (Å²) < 4.78 is 5.47. The van der Waals surface area contributed by atoms with Gasteiger partial charge in [-0.1, -0.05) is 24.3 Å². The fourth-order valence-corrected chi connectivity index (χ4v) is 3.08. The number of H-pyrrole nitrogens is 1. The first-order valence-electron chi connectivity index (χ1n) is 9.79. The van der Waals surface area contributed by atoms with Gasteiger partial charge in [0.1, 0.15) is 11.6 Å². The summed E-state index contributed by atoms with van der Waals surface area (Å²) in [6.07, 6.45) is 1.87. The lowest BCUT2D eigenvalue weighted by Crippen LogP contribution is -2.37. The molecule has 0 aliphatic rings. The Morgan fingerprint density at radius 2 is 2.04 bits per heavy atom. The first-order valence-corrected chi connectivity index (χ1v) is 9.79. The minimum atomic E-state index is 0.572. The minimum Gasteiger partial charge on any atom is -0.496 e. The summed E-state index contributed by atoms with van der Waals surface area (Å²) in [7, 11) is 1.70. The van der Waals surface area contributed by atoms with Gasteiger partial charge in [0.25, 0.3) is 0 Å². The second-order valence-corrected chi connectivity index (χ2v) is 6.74. The van der Waals surface area contributed by atoms with E-state index in [-0.39, 0.29) is 0 Å². The van der Waals surface area contributed by atoms with Crippen LogP contribution >= 0.6 is 0 Å². The van der Waals surface area contributed by atoms with Crippen molar-refractivity contribution in [2.45, 2.75) is 33.2 Å². The van der Waals surface area contributed by atoms with Crippen molar-refractivity contribution in [1.29, 1.82) is 0 Å². The van der Waals surface area contributed by atoms with Gasteiger partial charge < -0.3 is 20.4 Å². The van der Waals surface area contributed by atoms with E-state index in [0.717, 1.165) is 60.1 Å². The first kappa shape index (κ1) is 19.7. The summed E-state index contributed by atoms with van der Waals surface area (Å²) in [6.45, 7) is 6.35. The number of imidazole rings is 1. The Labute approximate surface area is 166 Å². The lowest BCUT2D eigenvalue weighted by atomic mass is 10.1. The lowest BCUT2D eigenvalue weighted by Gasteiger charge is -2.12. The summed E-state index contributed by atoms with van der Waals surface area (Å²) >= 11 is 0. The zero-order chi connectivity index (χ0) is 19.8. The average molecular weight is 380 g/mol. The van der Waals surface area contributed by atoms with Gasteiger partial charge in [0.2, 0.25) is 0 Å². The number of guanidine groups is 1. The lowest BCUT2D eigenvalue weighted by molar-refractivity contribution is 0.409. The molecule has 3 rings (SSSR count). The highest BCUT2D eigenvalue weighted by Gasteiger charge is 2.05. The number of aliphatic imine (C=N–C) groups is 1. The van der Waals surface area contributed by atoms with Gasteiger partial charge in [-0.2, -0.15) is 0 Å². The molecule has 0 spiro atoms. The Hall–Kier alpha value is -3.02. The van der Waals surface area contributed by atoms with Crippen LogP contribution < -0.4 is 15.4 Å². The average Bonchev–Trinajstić information content (AvgIpc) is 3.12. The maximum atomic E-state index is 5.47. The highest BCUT2D eigenvalue weighted by atomic mass is 16.5. The van der Waals surface area contributed by atoms with Gasteiger partial charge in [0.05, 0.1) is 24.7 Å². The molecule has 0 amide bonds. The fraction of sp³-hybridized carbons (Fsp3) is 0.364. The predicted molar refractivity (Wildman–Crippen MR) is 115 cm³/mol. The monoisotopic (exact) mass is 379 g/mol. The molecule has 0 fully saturated rings. The molecule has 6 heteroatoms. The largest absolute Gasteiger partial charge is 0.496 e. The van der Waals surface area contributed by atoms with Gasteiger partial charge in [-0.15, -0.1) is 0 Å². The molecule has 0 aliphatic carbocycles. The molecule has 0 aliphatic heterocycles. The number of fused-ring (bicyclic) bond motifs is 1. The molecule has 3 aromatic rings. The van der Waals surface area contributed by atoms with Crippen molar-refractivity contribution < 1.29 is 4.74 Å². The van der Waals surface area contributed by atoms with Crippen LogP contribution in [-0.4, -0.2) is 36.1 Å². The van der Waals surface area contributed by atoms with E-state index in [9.17, 15) is 0 Å². The molecule has 0 atom stereocenters. The number of aromatic nitrogens is 2. The maximum Gasteiger partial charge on any atom is 0.191 e. The predicted octanol–water partition coefficient (Wildman–Crippen LogP) is 3.57. The molecule has 148 valence electrons. The highest BCUT2D eigenvalue weighted by Crippen LogP contribution is 2.20. The van der Waals surface area contributed by atoms with Gasteiger partial charge >= 0.3 is 0 Å². The molecule has 1 heterocycles. The molecule has 28 heavy (non-hydrogen) atoms. The Balaban J connectivity index is 1.53. The second-order valence-electron chi connectivity index (χ2n) is 6.74. The first-order chi connectivity index (χ1) is 13.7. The second kappa shape index (κ2) is 9.78. The Bertz CT molecular complexity index is 899. The van der Waals surface area contributed by atoms with E-state index in [1.54, 1.807) is 7.11 Å². The molecular formula is C22H29N5O. The number of hydrogen-bond donors (Lipinski definition) is 3. The van der Waals surface area contributed by atoms with Gasteiger partial charge in [0.15, 0.2) is 5.96 Å². The van der Waals surface area contributed by atoms with Crippen LogP contribution in [0.1, 0.15) is 30.3 Å². The molecule has 0 bridgehead atoms. The fourth-order valence-electron chi connectivity index (χ4n) is 3.08. The third-order valence-electron chi connectivity index (χ3n) is 4.52. The normalized spacial score (nSPS) is 11.6. The molecule has 2 aromatic carbocycles. The third-order valence-corrected chi connectivity index (χ3v) is 4.52. The van der Waals surface area contributed by atoms with Gasteiger partial charge in [0, 0.05) is 25.1 Å². The minimum absolute atomic E-state index is 0.572. The maximum absolute atomic E-state index is 5.47. The Kier molecular flexibility index (Phi) is 6.89. The topological polar surface area (TPSA) is 74.3 Å². The number of ether oxygens (including phenoxy) is 1. The molecule has 0 unspecified atom stereocenters. The van der Waals surface area contributed by atoms with Crippen molar-refractivity contribution in [3.05, 3.63) is 59.4 Å². The zero-order valence-corrected chi connectivity index (χ0v) is 16.9. The van der Waals surface area contributed by atoms with E-state index in [0.29, 0.717) is 6.54 Å². The van der Waals surface area contributed by atoms with Crippen LogP contribution in [-0.2, 0) is 13.0 Å². The number of rotatable bonds is 8. The van der Waals surface area contributed by atoms with Crippen LogP contribution in [0.15, 0.2) is 47.5 Å². The van der Waals surface area contributed by atoms with Crippen molar-refractivity contribution in [1.82, 2.24) is 20.6 Å². The van der Waals surface area contributed by atoms with Crippen LogP contribution in [0.25, 0.3) is 11.0 Å². The van der Waals surface area contributed by atoms with Crippen molar-refractivity contribution in [2.75, 3.05) is 20.2 Å². The summed E-state index contributed by atoms with van der Waals surface area (Å²) in [6, 6.07) is 14.3. The molecular weight excluding hydrogens is 350 g/mol. The molecule has 3 N–H and O–H groups in total. The number of aromatic amines is 1. The van der Waals surface area contributed by atoms with Crippen molar-refractivity contribution in [3.8, 4) is 5.75 Å². The van der Waals surface area contributed by atoms with E-state index in [2.05, 4.69) is 52.6 Å². The van der Waals surface area contributed by atoms with E-state index < -0.39 is 0 Å². The van der Waals surface area contributed by atoms with E-state index in [1.165, 1.54) is 5.56 Å². The molecule has 0 saturated heterocycles. The number of nitrogens with zero attached hydrogens (tertiary/aromatic N) is 2. The molecule has 0 saturated carbocycles. The van der Waals surface area contributed by atoms with Crippen LogP contribution in [0.5, 0.6) is 5.75 Å². The molecule has 0 radical (unpaired) electrons. The number of methoxy groups -OCH3 is 1. The standard InChI is InChI=1S/C22H29N5O/c1-4-23-22(25-15-17-12-11-16(2)14-20(17)28-3)24-13-7-10-21-26-18-8-5-6-9-19(18)27-21/h5-6,8-9,11-12,14H,4,7,10,13,15H2,1-3H3,(H,26,27)(H2,23,24,25). The number of aryl methyl sites for hydroxylation is 2. The smallest absolute Gasteiger partial charge is 0.191 e. The van der Waals surface area contributed by atoms with Crippen LogP contribution in [0, 0.1) is 6.92 Å². The van der Waals surface area contributed by atoms with E-state index >= 15 is 0 Å². The van der Waals surface area contributed by atoms with Crippen molar-refractivity contribution in [3.63, 3.8) is 0 Å². The number of nitrogens with one attached hydrogen (secondary N) is 3. The van der Waals surface area contributed by atoms with Gasteiger partial charge in [-0.3, -0.25) is 0 Å². The highest BCUT2D eigenvalue weighted by molar-refractivity contribution is 5.79. The van der Waals surface area contributed by atoms with Crippen LogP contribution in [0.2, 0.25) is 0 Å². The number of hydrogen-bond acceptors (Lipinski definition) is 3. The van der Waals surface area contributed by atoms with Gasteiger partial charge in [-0.05, 0) is 44.0 Å². The molecule has 1 aromatic heterocycles.